The molecule has 3 heterocycles. The maximum Gasteiger partial charge on any atom is 0.194 e. The molecule has 0 saturated heterocycles. The maximum atomic E-state index is 5.04. The van der Waals surface area contributed by atoms with Crippen LogP contribution in [0.2, 0.25) is 0 Å². The van der Waals surface area contributed by atoms with Crippen molar-refractivity contribution in [3.63, 3.8) is 0 Å². The van der Waals surface area contributed by atoms with Crippen LogP contribution in [0.1, 0.15) is 21.8 Å². The lowest BCUT2D eigenvalue weighted by molar-refractivity contribution is 0.559. The minimum atomic E-state index is 0.812. The molecule has 0 aliphatic rings. The van der Waals surface area contributed by atoms with Gasteiger partial charge in [0.25, 0.3) is 0 Å². The van der Waals surface area contributed by atoms with Gasteiger partial charge in [0.2, 0.25) is 0 Å². The zero-order chi connectivity index (χ0) is 12.5. The molecule has 1 N–H and O–H groups in total. The molecule has 18 heavy (non-hydrogen) atoms. The van der Waals surface area contributed by atoms with Crippen LogP contribution in [0.5, 0.6) is 0 Å². The summed E-state index contributed by atoms with van der Waals surface area (Å²) >= 11 is 1.73. The number of hydrogen-bond donors (Lipinski definition) is 1. The van der Waals surface area contributed by atoms with E-state index < -0.39 is 0 Å². The highest BCUT2D eigenvalue weighted by molar-refractivity contribution is 7.17. The average Bonchev–Trinajstić information content (AvgIpc) is 2.99. The van der Waals surface area contributed by atoms with Gasteiger partial charge in [-0.2, -0.15) is 0 Å². The van der Waals surface area contributed by atoms with Gasteiger partial charge in [-0.3, -0.25) is 4.40 Å². The molecular formula is C13H15N3OS. The lowest BCUT2D eigenvalue weighted by Crippen LogP contribution is -2.14. The van der Waals surface area contributed by atoms with Crippen molar-refractivity contribution in [3.8, 4) is 0 Å². The van der Waals surface area contributed by atoms with Gasteiger partial charge in [-0.05, 0) is 19.9 Å². The van der Waals surface area contributed by atoms with E-state index in [4.69, 9.17) is 4.42 Å². The van der Waals surface area contributed by atoms with Gasteiger partial charge in [-0.15, -0.1) is 11.3 Å². The van der Waals surface area contributed by atoms with Crippen LogP contribution in [-0.4, -0.2) is 9.38 Å². The molecule has 94 valence electrons. The Morgan fingerprint density at radius 1 is 1.39 bits per heavy atom. The molecule has 0 saturated carbocycles. The lowest BCUT2D eigenvalue weighted by Gasteiger charge is -2.03. The van der Waals surface area contributed by atoms with E-state index in [9.17, 15) is 0 Å². The number of aromatic nitrogens is 2. The molecule has 0 aliphatic heterocycles. The van der Waals surface area contributed by atoms with Crippen LogP contribution in [0.3, 0.4) is 0 Å². The predicted octanol–water partition coefficient (Wildman–Crippen LogP) is 2.90. The summed E-state index contributed by atoms with van der Waals surface area (Å²) in [6.45, 7) is 5.79. The molecular weight excluding hydrogens is 246 g/mol. The van der Waals surface area contributed by atoms with Crippen molar-refractivity contribution in [1.82, 2.24) is 14.7 Å². The number of nitrogens with one attached hydrogen (secondary N) is 1. The quantitative estimate of drug-likeness (QED) is 0.785. The van der Waals surface area contributed by atoms with Gasteiger partial charge in [0, 0.05) is 29.7 Å². The molecule has 0 aliphatic carbocycles. The summed E-state index contributed by atoms with van der Waals surface area (Å²) in [7, 11) is 0. The molecule has 0 fully saturated rings. The molecule has 3 aromatic rings. The van der Waals surface area contributed by atoms with Crippen LogP contribution in [0.15, 0.2) is 29.2 Å². The summed E-state index contributed by atoms with van der Waals surface area (Å²) in [6.07, 6.45) is 5.61. The first-order valence-corrected chi connectivity index (χ1v) is 6.71. The number of hydrogen-bond acceptors (Lipinski definition) is 4. The number of rotatable bonds is 4. The van der Waals surface area contributed by atoms with Crippen molar-refractivity contribution >= 4 is 16.3 Å². The number of furan rings is 1. The van der Waals surface area contributed by atoms with Crippen LogP contribution in [0, 0.1) is 13.8 Å². The molecule has 0 spiro atoms. The van der Waals surface area contributed by atoms with Crippen molar-refractivity contribution in [2.24, 2.45) is 0 Å². The number of fused-ring (bicyclic) bond motifs is 1. The lowest BCUT2D eigenvalue weighted by atomic mass is 10.3. The van der Waals surface area contributed by atoms with Gasteiger partial charge in [-0.25, -0.2) is 4.98 Å². The van der Waals surface area contributed by atoms with E-state index in [-0.39, 0.29) is 0 Å². The van der Waals surface area contributed by atoms with Crippen molar-refractivity contribution in [1.29, 1.82) is 0 Å². The molecule has 0 bridgehead atoms. The normalized spacial score (nSPS) is 11.4. The van der Waals surface area contributed by atoms with Gasteiger partial charge < -0.3 is 9.73 Å². The minimum absolute atomic E-state index is 0.812. The van der Waals surface area contributed by atoms with E-state index in [2.05, 4.69) is 34.7 Å². The van der Waals surface area contributed by atoms with Crippen LogP contribution in [-0.2, 0) is 13.1 Å². The highest BCUT2D eigenvalue weighted by Crippen LogP contribution is 2.20. The molecule has 5 heteroatoms. The van der Waals surface area contributed by atoms with E-state index in [0.29, 0.717) is 0 Å². The Morgan fingerprint density at radius 2 is 2.28 bits per heavy atom. The molecule has 0 amide bonds. The van der Waals surface area contributed by atoms with Crippen LogP contribution < -0.4 is 5.32 Å². The van der Waals surface area contributed by atoms with E-state index in [1.165, 1.54) is 10.6 Å². The summed E-state index contributed by atoms with van der Waals surface area (Å²) in [5.41, 5.74) is 3.49. The van der Waals surface area contributed by atoms with Crippen molar-refractivity contribution < 1.29 is 4.42 Å². The molecule has 0 atom stereocenters. The first-order chi connectivity index (χ1) is 8.74. The molecule has 3 rings (SSSR count). The Balaban J connectivity index is 1.75. The molecule has 0 radical (unpaired) electrons. The summed E-state index contributed by atoms with van der Waals surface area (Å²) in [5, 5.41) is 3.42. The third-order valence-corrected chi connectivity index (χ3v) is 3.84. The Labute approximate surface area is 109 Å². The molecule has 0 unspecified atom stereocenters. The summed E-state index contributed by atoms with van der Waals surface area (Å²) in [5.74, 6) is 0. The van der Waals surface area contributed by atoms with E-state index >= 15 is 0 Å². The number of thiazole rings is 1. The number of aryl methyl sites for hydroxylation is 2. The van der Waals surface area contributed by atoms with Crippen molar-refractivity contribution in [3.05, 3.63) is 46.6 Å². The highest BCUT2D eigenvalue weighted by Gasteiger charge is 2.10. The van der Waals surface area contributed by atoms with Crippen LogP contribution in [0.25, 0.3) is 4.96 Å². The SMILES string of the molecule is Cc1cn2c(CNCc3ccoc3)c(C)nc2s1. The second kappa shape index (κ2) is 4.59. The van der Waals surface area contributed by atoms with Crippen LogP contribution in [0.4, 0.5) is 0 Å². The molecule has 0 aromatic carbocycles. The van der Waals surface area contributed by atoms with Gasteiger partial charge in [0.05, 0.1) is 23.9 Å². The van der Waals surface area contributed by atoms with Gasteiger partial charge in [0.15, 0.2) is 4.96 Å². The standard InChI is InChI=1S/C13H15N3OS/c1-9-7-16-12(10(2)15-13(16)18-9)6-14-5-11-3-4-17-8-11/h3-4,7-8,14H,5-6H2,1-2H3. The minimum Gasteiger partial charge on any atom is -0.472 e. The number of nitrogens with zero attached hydrogens (tertiary/aromatic N) is 2. The topological polar surface area (TPSA) is 42.5 Å². The van der Waals surface area contributed by atoms with E-state index in [0.717, 1.165) is 29.3 Å². The third-order valence-electron chi connectivity index (χ3n) is 2.94. The van der Waals surface area contributed by atoms with E-state index in [1.54, 1.807) is 23.9 Å². The maximum absolute atomic E-state index is 5.04. The predicted molar refractivity (Wildman–Crippen MR) is 71.8 cm³/mol. The average molecular weight is 261 g/mol. The first kappa shape index (κ1) is 11.5. The number of imidazole rings is 1. The largest absolute Gasteiger partial charge is 0.472 e. The van der Waals surface area contributed by atoms with E-state index in [1.807, 2.05) is 6.07 Å². The Bertz CT molecular complexity index is 651. The van der Waals surface area contributed by atoms with Gasteiger partial charge in [0.1, 0.15) is 0 Å². The van der Waals surface area contributed by atoms with Crippen molar-refractivity contribution in [2.45, 2.75) is 26.9 Å². The summed E-state index contributed by atoms with van der Waals surface area (Å²) in [4.78, 5) is 6.93. The summed E-state index contributed by atoms with van der Waals surface area (Å²) in [6, 6.07) is 1.97. The fraction of sp³-hybridized carbons (Fsp3) is 0.308. The Morgan fingerprint density at radius 3 is 3.06 bits per heavy atom. The molecule has 4 nitrogen and oxygen atoms in total. The smallest absolute Gasteiger partial charge is 0.194 e. The second-order valence-electron chi connectivity index (χ2n) is 4.37. The zero-order valence-corrected chi connectivity index (χ0v) is 11.3. The van der Waals surface area contributed by atoms with Gasteiger partial charge >= 0.3 is 0 Å². The summed E-state index contributed by atoms with van der Waals surface area (Å²) < 4.78 is 7.22. The monoisotopic (exact) mass is 261 g/mol. The Kier molecular flexibility index (Phi) is 2.93. The van der Waals surface area contributed by atoms with Crippen LogP contribution >= 0.6 is 11.3 Å². The zero-order valence-electron chi connectivity index (χ0n) is 10.4. The van der Waals surface area contributed by atoms with Crippen molar-refractivity contribution in [2.75, 3.05) is 0 Å². The highest BCUT2D eigenvalue weighted by atomic mass is 32.1. The third kappa shape index (κ3) is 2.07. The van der Waals surface area contributed by atoms with Gasteiger partial charge in [-0.1, -0.05) is 0 Å². The first-order valence-electron chi connectivity index (χ1n) is 5.90. The second-order valence-corrected chi connectivity index (χ2v) is 5.59. The Hall–Kier alpha value is -1.59. The fourth-order valence-corrected chi connectivity index (χ4v) is 2.93. The fourth-order valence-electron chi connectivity index (χ4n) is 2.04. The molecule has 3 aromatic heterocycles.